The van der Waals surface area contributed by atoms with Crippen LogP contribution in [0.2, 0.25) is 0 Å². The molecule has 0 spiro atoms. The molecule has 1 aliphatic rings. The third-order valence-corrected chi connectivity index (χ3v) is 8.11. The number of nitrogens with one attached hydrogen (secondary N) is 1. The van der Waals surface area contributed by atoms with E-state index in [1.807, 2.05) is 36.4 Å². The zero-order chi connectivity index (χ0) is 22.9. The van der Waals surface area contributed by atoms with E-state index in [1.165, 1.54) is 27.3 Å². The maximum atomic E-state index is 12.4. The number of amides is 1. The molecule has 1 N–H and O–H groups in total. The van der Waals surface area contributed by atoms with E-state index in [1.54, 1.807) is 11.3 Å². The summed E-state index contributed by atoms with van der Waals surface area (Å²) in [4.78, 5) is 31.2. The van der Waals surface area contributed by atoms with Crippen molar-refractivity contribution >= 4 is 50.5 Å². The summed E-state index contributed by atoms with van der Waals surface area (Å²) in [5, 5.41) is 3.73. The van der Waals surface area contributed by atoms with Crippen LogP contribution in [0.3, 0.4) is 0 Å². The molecule has 5 nitrogen and oxygen atoms in total. The molecule has 1 atom stereocenters. The van der Waals surface area contributed by atoms with Gasteiger partial charge in [-0.05, 0) is 85.7 Å². The minimum Gasteiger partial charge on any atom is -0.451 e. The maximum Gasteiger partial charge on any atom is 0.348 e. The highest BCUT2D eigenvalue weighted by molar-refractivity contribution is 7.21. The Bertz CT molecular complexity index is 1340. The van der Waals surface area contributed by atoms with Crippen LogP contribution in [0.4, 0.5) is 5.69 Å². The number of carbonyl (C=O) groups excluding carboxylic acids is 2. The van der Waals surface area contributed by atoms with Crippen LogP contribution in [0.15, 0.2) is 48.5 Å². The normalized spacial score (nSPS) is 15.3. The maximum absolute atomic E-state index is 12.4. The van der Waals surface area contributed by atoms with Crippen LogP contribution in [-0.2, 0) is 22.4 Å². The molecular formula is C26H24N2O3S2. The van der Waals surface area contributed by atoms with Gasteiger partial charge in [-0.3, -0.25) is 4.79 Å². The fourth-order valence-corrected chi connectivity index (χ4v) is 6.23. The fraction of sp³-hybridized carbons (Fsp3) is 0.269. The molecule has 5 rings (SSSR count). The second kappa shape index (κ2) is 9.08. The van der Waals surface area contributed by atoms with E-state index in [2.05, 4.69) is 31.3 Å². The highest BCUT2D eigenvalue weighted by Gasteiger charge is 2.21. The molecule has 1 amide bonds. The number of ether oxygens (including phenoxy) is 1. The number of carbonyl (C=O) groups is 2. The van der Waals surface area contributed by atoms with Gasteiger partial charge in [0.1, 0.15) is 9.88 Å². The molecule has 7 heteroatoms. The Kier molecular flexibility index (Phi) is 6.00. The van der Waals surface area contributed by atoms with Crippen LogP contribution in [0.5, 0.6) is 0 Å². The molecule has 0 fully saturated rings. The monoisotopic (exact) mass is 476 g/mol. The van der Waals surface area contributed by atoms with Crippen LogP contribution in [0.1, 0.15) is 39.0 Å². The Balaban J connectivity index is 1.17. The van der Waals surface area contributed by atoms with Crippen LogP contribution in [0, 0.1) is 12.8 Å². The summed E-state index contributed by atoms with van der Waals surface area (Å²) in [6.45, 7) is 3.99. The molecule has 2 heterocycles. The van der Waals surface area contributed by atoms with Gasteiger partial charge in [-0.2, -0.15) is 0 Å². The number of hydrogen-bond donors (Lipinski definition) is 1. The number of rotatable bonds is 5. The van der Waals surface area contributed by atoms with Gasteiger partial charge in [-0.15, -0.1) is 22.7 Å². The number of hydrogen-bond acceptors (Lipinski definition) is 6. The van der Waals surface area contributed by atoms with Crippen LogP contribution >= 0.6 is 22.7 Å². The van der Waals surface area contributed by atoms with Crippen molar-refractivity contribution in [2.75, 3.05) is 11.9 Å². The van der Waals surface area contributed by atoms with Crippen LogP contribution in [-0.4, -0.2) is 23.5 Å². The predicted octanol–water partition coefficient (Wildman–Crippen LogP) is 6.25. The molecule has 0 aliphatic heterocycles. The topological polar surface area (TPSA) is 68.3 Å². The first-order chi connectivity index (χ1) is 15.9. The lowest BCUT2D eigenvalue weighted by atomic mass is 9.90. The summed E-state index contributed by atoms with van der Waals surface area (Å²) in [6.07, 6.45) is 3.18. The Morgan fingerprint density at radius 1 is 1.12 bits per heavy atom. The number of nitrogens with zero attached hydrogens (tertiary/aromatic N) is 1. The number of aromatic nitrogens is 1. The van der Waals surface area contributed by atoms with Crippen molar-refractivity contribution in [1.82, 2.24) is 4.98 Å². The standard InChI is InChI=1S/C26H24N2O3S2/c1-15-4-10-21-18(11-15)13-23(32-21)26(30)31-14-24(29)27-19-7-5-17(6-8-19)25-28-20-9-3-16(2)12-22(20)33-25/h3,5-9,12-13,15H,4,10-11,14H2,1-2H3,(H,27,29)/t15-/m1/s1. The van der Waals surface area contributed by atoms with Crippen molar-refractivity contribution in [2.45, 2.75) is 33.1 Å². The summed E-state index contributed by atoms with van der Waals surface area (Å²) in [5.41, 5.74) is 5.09. The minimum absolute atomic E-state index is 0.309. The van der Waals surface area contributed by atoms with Gasteiger partial charge in [-0.1, -0.05) is 13.0 Å². The second-order valence-electron chi connectivity index (χ2n) is 8.60. The van der Waals surface area contributed by atoms with E-state index in [4.69, 9.17) is 9.72 Å². The molecule has 0 bridgehead atoms. The Morgan fingerprint density at radius 3 is 2.76 bits per heavy atom. The van der Waals surface area contributed by atoms with Crippen molar-refractivity contribution in [2.24, 2.45) is 5.92 Å². The largest absolute Gasteiger partial charge is 0.451 e. The lowest BCUT2D eigenvalue weighted by Gasteiger charge is -2.16. The molecule has 4 aromatic rings. The molecule has 2 aromatic carbocycles. The summed E-state index contributed by atoms with van der Waals surface area (Å²) < 4.78 is 6.41. The van der Waals surface area contributed by atoms with E-state index in [-0.39, 0.29) is 12.5 Å². The van der Waals surface area contributed by atoms with E-state index in [0.29, 0.717) is 16.5 Å². The third-order valence-electron chi connectivity index (χ3n) is 5.82. The highest BCUT2D eigenvalue weighted by atomic mass is 32.1. The van der Waals surface area contributed by atoms with Crippen LogP contribution < -0.4 is 5.32 Å². The van der Waals surface area contributed by atoms with Crippen molar-refractivity contribution < 1.29 is 14.3 Å². The smallest absolute Gasteiger partial charge is 0.348 e. The summed E-state index contributed by atoms with van der Waals surface area (Å²) in [7, 11) is 0. The second-order valence-corrected chi connectivity index (χ2v) is 10.8. The summed E-state index contributed by atoms with van der Waals surface area (Å²) >= 11 is 3.14. The van der Waals surface area contributed by atoms with Gasteiger partial charge >= 0.3 is 5.97 Å². The first-order valence-corrected chi connectivity index (χ1v) is 12.6. The van der Waals surface area contributed by atoms with Gasteiger partial charge in [0.05, 0.1) is 10.2 Å². The molecule has 0 saturated carbocycles. The quantitative estimate of drug-likeness (QED) is 0.346. The van der Waals surface area contributed by atoms with E-state index in [9.17, 15) is 9.59 Å². The first-order valence-electron chi connectivity index (χ1n) is 11.0. The van der Waals surface area contributed by atoms with E-state index >= 15 is 0 Å². The van der Waals surface area contributed by atoms with Crippen molar-refractivity contribution in [3.8, 4) is 10.6 Å². The number of esters is 1. The molecule has 0 saturated heterocycles. The molecule has 33 heavy (non-hydrogen) atoms. The van der Waals surface area contributed by atoms with Crippen LogP contribution in [0.25, 0.3) is 20.8 Å². The number of thiazole rings is 1. The Labute approximate surface area is 200 Å². The molecular weight excluding hydrogens is 452 g/mol. The molecule has 0 radical (unpaired) electrons. The zero-order valence-electron chi connectivity index (χ0n) is 18.5. The number of aryl methyl sites for hydroxylation is 2. The lowest BCUT2D eigenvalue weighted by molar-refractivity contribution is -0.119. The zero-order valence-corrected chi connectivity index (χ0v) is 20.1. The SMILES string of the molecule is Cc1ccc2nc(-c3ccc(NC(=O)COC(=O)c4cc5c(s4)CC[C@@H](C)C5)cc3)sc2c1. The summed E-state index contributed by atoms with van der Waals surface area (Å²) in [6, 6.07) is 15.7. The number of thiophene rings is 1. The third kappa shape index (κ3) is 4.84. The number of anilines is 1. The molecule has 168 valence electrons. The van der Waals surface area contributed by atoms with Gasteiger partial charge in [0.25, 0.3) is 5.91 Å². The molecule has 1 aliphatic carbocycles. The van der Waals surface area contributed by atoms with Gasteiger partial charge in [0.15, 0.2) is 6.61 Å². The predicted molar refractivity (Wildman–Crippen MR) is 134 cm³/mol. The fourth-order valence-electron chi connectivity index (χ4n) is 4.06. The Morgan fingerprint density at radius 2 is 1.94 bits per heavy atom. The summed E-state index contributed by atoms with van der Waals surface area (Å²) in [5.74, 6) is -0.146. The molecule has 0 unspecified atom stereocenters. The molecule has 2 aromatic heterocycles. The van der Waals surface area contributed by atoms with Crippen molar-refractivity contribution in [3.05, 3.63) is 69.4 Å². The van der Waals surface area contributed by atoms with Gasteiger partial charge in [0, 0.05) is 16.1 Å². The number of benzene rings is 2. The van der Waals surface area contributed by atoms with E-state index in [0.717, 1.165) is 40.1 Å². The number of fused-ring (bicyclic) bond motifs is 2. The van der Waals surface area contributed by atoms with Crippen molar-refractivity contribution in [3.63, 3.8) is 0 Å². The van der Waals surface area contributed by atoms with Crippen molar-refractivity contribution in [1.29, 1.82) is 0 Å². The van der Waals surface area contributed by atoms with E-state index < -0.39 is 5.97 Å². The average molecular weight is 477 g/mol. The highest BCUT2D eigenvalue weighted by Crippen LogP contribution is 2.33. The minimum atomic E-state index is -0.432. The van der Waals surface area contributed by atoms with Gasteiger partial charge in [-0.25, -0.2) is 9.78 Å². The average Bonchev–Trinajstić information content (AvgIpc) is 3.41. The van der Waals surface area contributed by atoms with Gasteiger partial charge in [0.2, 0.25) is 0 Å². The first kappa shape index (κ1) is 21.8. The Hall–Kier alpha value is -3.03. The van der Waals surface area contributed by atoms with Gasteiger partial charge < -0.3 is 10.1 Å². The lowest BCUT2D eigenvalue weighted by Crippen LogP contribution is -2.20.